The summed E-state index contributed by atoms with van der Waals surface area (Å²) in [5, 5.41) is 14.1. The predicted molar refractivity (Wildman–Crippen MR) is 147 cm³/mol. The number of benzene rings is 3. The topological polar surface area (TPSA) is 75.0 Å². The second-order valence-electron chi connectivity index (χ2n) is 8.10. The number of methoxy groups -OCH3 is 1. The quantitative estimate of drug-likeness (QED) is 0.249. The molecule has 4 rings (SSSR count). The Hall–Kier alpha value is -3.79. The lowest BCUT2D eigenvalue weighted by Gasteiger charge is -2.13. The van der Waals surface area contributed by atoms with Gasteiger partial charge in [-0.25, -0.2) is 4.98 Å². The summed E-state index contributed by atoms with van der Waals surface area (Å²) in [5.74, 6) is 1.09. The minimum atomic E-state index is -0.131. The Morgan fingerprint density at radius 1 is 1.06 bits per heavy atom. The third kappa shape index (κ3) is 6.25. The zero-order chi connectivity index (χ0) is 25.5. The molecule has 3 aromatic carbocycles. The second-order valence-corrected chi connectivity index (χ2v) is 9.62. The van der Waals surface area contributed by atoms with E-state index < -0.39 is 0 Å². The van der Waals surface area contributed by atoms with Gasteiger partial charge in [-0.05, 0) is 61.0 Å². The maximum Gasteiger partial charge on any atom is 0.225 e. The summed E-state index contributed by atoms with van der Waals surface area (Å²) in [7, 11) is 1.63. The summed E-state index contributed by atoms with van der Waals surface area (Å²) >= 11 is 7.40. The SMILES string of the molecule is COc1ccc(-c2cc(-c3ccc(C)cc3)c(C#N)c(SCCC(=O)Nc3cccc(Cl)c3)n2)cc1. The van der Waals surface area contributed by atoms with E-state index in [1.54, 1.807) is 31.4 Å². The largest absolute Gasteiger partial charge is 0.497 e. The number of thioether (sulfide) groups is 1. The number of halogens is 1. The summed E-state index contributed by atoms with van der Waals surface area (Å²) in [4.78, 5) is 17.3. The third-order valence-corrected chi connectivity index (χ3v) is 6.73. The number of nitrogens with zero attached hydrogens (tertiary/aromatic N) is 2. The number of carbonyl (C=O) groups is 1. The summed E-state index contributed by atoms with van der Waals surface area (Å²) < 4.78 is 5.28. The molecule has 0 bridgehead atoms. The van der Waals surface area contributed by atoms with Crippen molar-refractivity contribution in [2.45, 2.75) is 18.4 Å². The van der Waals surface area contributed by atoms with E-state index in [1.807, 2.05) is 61.5 Å². The molecular formula is C29H24ClN3O2S. The number of carbonyl (C=O) groups excluding carboxylic acids is 1. The summed E-state index contributed by atoms with van der Waals surface area (Å²) in [6.45, 7) is 2.03. The van der Waals surface area contributed by atoms with Gasteiger partial charge < -0.3 is 10.1 Å². The van der Waals surface area contributed by atoms with Crippen molar-refractivity contribution >= 4 is 35.0 Å². The number of hydrogen-bond donors (Lipinski definition) is 1. The normalized spacial score (nSPS) is 10.5. The zero-order valence-corrected chi connectivity index (χ0v) is 21.5. The number of aryl methyl sites for hydroxylation is 1. The number of hydrogen-bond acceptors (Lipinski definition) is 5. The maximum atomic E-state index is 12.5. The van der Waals surface area contributed by atoms with Crippen LogP contribution in [0.3, 0.4) is 0 Å². The first-order valence-corrected chi connectivity index (χ1v) is 12.7. The molecule has 0 aliphatic carbocycles. The van der Waals surface area contributed by atoms with Crippen molar-refractivity contribution in [3.8, 4) is 34.2 Å². The molecule has 5 nitrogen and oxygen atoms in total. The third-order valence-electron chi connectivity index (χ3n) is 5.52. The molecule has 0 aliphatic heterocycles. The molecule has 0 atom stereocenters. The lowest BCUT2D eigenvalue weighted by molar-refractivity contribution is -0.115. The van der Waals surface area contributed by atoms with Crippen LogP contribution in [-0.2, 0) is 4.79 Å². The molecule has 0 unspecified atom stereocenters. The Labute approximate surface area is 220 Å². The molecule has 0 saturated heterocycles. The minimum Gasteiger partial charge on any atom is -0.497 e. The van der Waals surface area contributed by atoms with Crippen LogP contribution in [-0.4, -0.2) is 23.8 Å². The highest BCUT2D eigenvalue weighted by Crippen LogP contribution is 2.35. The fraction of sp³-hybridized carbons (Fsp3) is 0.138. The van der Waals surface area contributed by atoms with Crippen LogP contribution >= 0.6 is 23.4 Å². The van der Waals surface area contributed by atoms with Gasteiger partial charge in [0, 0.05) is 34.0 Å². The van der Waals surface area contributed by atoms with Crippen molar-refractivity contribution in [2.75, 3.05) is 18.2 Å². The van der Waals surface area contributed by atoms with Crippen molar-refractivity contribution in [3.63, 3.8) is 0 Å². The van der Waals surface area contributed by atoms with Gasteiger partial charge in [-0.2, -0.15) is 5.26 Å². The molecule has 0 fully saturated rings. The highest BCUT2D eigenvalue weighted by molar-refractivity contribution is 7.99. The van der Waals surface area contributed by atoms with Crippen molar-refractivity contribution in [1.29, 1.82) is 5.26 Å². The van der Waals surface area contributed by atoms with E-state index in [9.17, 15) is 10.1 Å². The Morgan fingerprint density at radius 2 is 1.78 bits per heavy atom. The first-order chi connectivity index (χ1) is 17.5. The number of amides is 1. The molecular weight excluding hydrogens is 490 g/mol. The number of nitrogens with one attached hydrogen (secondary N) is 1. The second kappa shape index (κ2) is 11.8. The van der Waals surface area contributed by atoms with Crippen LogP contribution < -0.4 is 10.1 Å². The number of ether oxygens (including phenoxy) is 1. The van der Waals surface area contributed by atoms with Crippen molar-refractivity contribution < 1.29 is 9.53 Å². The lowest BCUT2D eigenvalue weighted by Crippen LogP contribution is -2.12. The van der Waals surface area contributed by atoms with Crippen LogP contribution in [0, 0.1) is 18.3 Å². The summed E-state index contributed by atoms with van der Waals surface area (Å²) in [6.07, 6.45) is 0.260. The van der Waals surface area contributed by atoms with E-state index in [0.29, 0.717) is 27.1 Å². The molecule has 0 saturated carbocycles. The molecule has 1 N–H and O–H groups in total. The fourth-order valence-corrected chi connectivity index (χ4v) is 4.77. The average Bonchev–Trinajstić information content (AvgIpc) is 2.89. The van der Waals surface area contributed by atoms with Crippen LogP contribution in [0.5, 0.6) is 5.75 Å². The number of nitriles is 1. The van der Waals surface area contributed by atoms with Crippen LogP contribution in [0.1, 0.15) is 17.5 Å². The number of anilines is 1. The van der Waals surface area contributed by atoms with Gasteiger partial charge in [0.1, 0.15) is 16.8 Å². The number of pyridine rings is 1. The van der Waals surface area contributed by atoms with E-state index in [0.717, 1.165) is 33.7 Å². The molecule has 36 heavy (non-hydrogen) atoms. The Balaban J connectivity index is 1.62. The van der Waals surface area contributed by atoms with Gasteiger partial charge in [0.05, 0.1) is 18.4 Å². The minimum absolute atomic E-state index is 0.131. The zero-order valence-electron chi connectivity index (χ0n) is 19.9. The smallest absolute Gasteiger partial charge is 0.225 e. The van der Waals surface area contributed by atoms with Crippen LogP contribution in [0.4, 0.5) is 5.69 Å². The standard InChI is InChI=1S/C29H24ClN3O2S/c1-19-6-8-20(9-7-19)25-17-27(21-10-12-24(35-2)13-11-21)33-29(26(25)18-31)36-15-14-28(34)32-23-5-3-4-22(30)16-23/h3-13,16-17H,14-15H2,1-2H3,(H,32,34). The first-order valence-electron chi connectivity index (χ1n) is 11.3. The van der Waals surface area contributed by atoms with E-state index in [2.05, 4.69) is 11.4 Å². The lowest BCUT2D eigenvalue weighted by atomic mass is 9.98. The van der Waals surface area contributed by atoms with E-state index in [4.69, 9.17) is 21.3 Å². The molecule has 1 heterocycles. The molecule has 0 aliphatic rings. The Morgan fingerprint density at radius 3 is 2.44 bits per heavy atom. The van der Waals surface area contributed by atoms with Crippen LogP contribution in [0.25, 0.3) is 22.4 Å². The molecule has 4 aromatic rings. The Bertz CT molecular complexity index is 1410. The fourth-order valence-electron chi connectivity index (χ4n) is 3.63. The molecule has 1 aromatic heterocycles. The Kier molecular flexibility index (Phi) is 8.27. The predicted octanol–water partition coefficient (Wildman–Crippen LogP) is 7.38. The molecule has 1 amide bonds. The van der Waals surface area contributed by atoms with Gasteiger partial charge in [0.25, 0.3) is 0 Å². The maximum absolute atomic E-state index is 12.5. The number of aromatic nitrogens is 1. The van der Waals surface area contributed by atoms with Gasteiger partial charge >= 0.3 is 0 Å². The van der Waals surface area contributed by atoms with Gasteiger partial charge in [-0.1, -0.05) is 47.5 Å². The van der Waals surface area contributed by atoms with Crippen LogP contribution in [0.15, 0.2) is 83.9 Å². The molecule has 7 heteroatoms. The van der Waals surface area contributed by atoms with Crippen LogP contribution in [0.2, 0.25) is 5.02 Å². The molecule has 180 valence electrons. The van der Waals surface area contributed by atoms with Gasteiger partial charge in [-0.15, -0.1) is 11.8 Å². The molecule has 0 spiro atoms. The van der Waals surface area contributed by atoms with E-state index >= 15 is 0 Å². The van der Waals surface area contributed by atoms with Crippen molar-refractivity contribution in [1.82, 2.24) is 4.98 Å². The highest BCUT2D eigenvalue weighted by atomic mass is 35.5. The van der Waals surface area contributed by atoms with Crippen molar-refractivity contribution in [2.24, 2.45) is 0 Å². The van der Waals surface area contributed by atoms with E-state index in [-0.39, 0.29) is 12.3 Å². The summed E-state index contributed by atoms with van der Waals surface area (Å²) in [5.41, 5.74) is 5.70. The first kappa shape index (κ1) is 25.3. The highest BCUT2D eigenvalue weighted by Gasteiger charge is 2.16. The monoisotopic (exact) mass is 513 g/mol. The average molecular weight is 514 g/mol. The van der Waals surface area contributed by atoms with Gasteiger partial charge in [-0.3, -0.25) is 4.79 Å². The van der Waals surface area contributed by atoms with Crippen molar-refractivity contribution in [3.05, 3.63) is 95.0 Å². The number of rotatable bonds is 8. The van der Waals surface area contributed by atoms with Gasteiger partial charge in [0.15, 0.2) is 0 Å². The molecule has 0 radical (unpaired) electrons. The van der Waals surface area contributed by atoms with Gasteiger partial charge in [0.2, 0.25) is 5.91 Å². The summed E-state index contributed by atoms with van der Waals surface area (Å²) in [6, 6.07) is 27.0. The van der Waals surface area contributed by atoms with E-state index in [1.165, 1.54) is 11.8 Å².